The molecule has 1 amide bonds. The second-order valence-corrected chi connectivity index (χ2v) is 11.5. The lowest BCUT2D eigenvalue weighted by Gasteiger charge is -2.24. The van der Waals surface area contributed by atoms with E-state index < -0.39 is 15.9 Å². The maximum atomic E-state index is 13.4. The quantitative estimate of drug-likeness (QED) is 0.327. The summed E-state index contributed by atoms with van der Waals surface area (Å²) in [6.07, 6.45) is 2.00. The fourth-order valence-corrected chi connectivity index (χ4v) is 5.46. The summed E-state index contributed by atoms with van der Waals surface area (Å²) in [5.41, 5.74) is 1.56. The van der Waals surface area contributed by atoms with Crippen LogP contribution < -0.4 is 5.32 Å². The molecule has 0 bridgehead atoms. The average molecular weight is 568 g/mol. The molecule has 3 aromatic carbocycles. The number of halogens is 2. The Labute approximate surface area is 212 Å². The zero-order chi connectivity index (χ0) is 24.0. The normalized spacial score (nSPS) is 12.5. The zero-order valence-corrected chi connectivity index (χ0v) is 22.1. The molecule has 1 atom stereocenters. The van der Waals surface area contributed by atoms with E-state index in [1.165, 1.54) is 12.1 Å². The second-order valence-electron chi connectivity index (χ2n) is 7.38. The van der Waals surface area contributed by atoms with Crippen LogP contribution in [0.3, 0.4) is 0 Å². The number of sulfonamides is 1. The molecular weight excluding hydrogens is 544 g/mol. The molecule has 3 aromatic rings. The second kappa shape index (κ2) is 11.5. The van der Waals surface area contributed by atoms with Crippen molar-refractivity contribution in [1.29, 1.82) is 0 Å². The van der Waals surface area contributed by atoms with Crippen LogP contribution in [0, 0.1) is 0 Å². The van der Waals surface area contributed by atoms with Gasteiger partial charge in [0.05, 0.1) is 17.5 Å². The van der Waals surface area contributed by atoms with Gasteiger partial charge in [-0.3, -0.25) is 4.79 Å². The van der Waals surface area contributed by atoms with Crippen molar-refractivity contribution in [2.75, 3.05) is 12.8 Å². The van der Waals surface area contributed by atoms with Gasteiger partial charge in [-0.1, -0.05) is 57.9 Å². The van der Waals surface area contributed by atoms with Crippen molar-refractivity contribution < 1.29 is 13.2 Å². The van der Waals surface area contributed by atoms with Crippen molar-refractivity contribution in [1.82, 2.24) is 9.62 Å². The van der Waals surface area contributed by atoms with Crippen molar-refractivity contribution in [2.45, 2.75) is 29.3 Å². The molecular formula is C24H24BrClN2O3S2. The van der Waals surface area contributed by atoms with E-state index in [0.717, 1.165) is 19.2 Å². The first-order valence-electron chi connectivity index (χ1n) is 10.1. The molecule has 0 spiro atoms. The highest BCUT2D eigenvalue weighted by molar-refractivity contribution is 9.10. The van der Waals surface area contributed by atoms with Crippen molar-refractivity contribution in [3.63, 3.8) is 0 Å². The van der Waals surface area contributed by atoms with E-state index in [4.69, 9.17) is 11.6 Å². The summed E-state index contributed by atoms with van der Waals surface area (Å²) < 4.78 is 28.7. The Morgan fingerprint density at radius 3 is 2.30 bits per heavy atom. The Morgan fingerprint density at radius 1 is 1.06 bits per heavy atom. The van der Waals surface area contributed by atoms with E-state index in [0.29, 0.717) is 10.6 Å². The number of carbonyl (C=O) groups is 1. The van der Waals surface area contributed by atoms with Crippen LogP contribution in [0.5, 0.6) is 0 Å². The van der Waals surface area contributed by atoms with Gasteiger partial charge in [0, 0.05) is 20.9 Å². The SMILES string of the molecule is CSc1ccc([C@H](C)NC(=O)CN(Cc2ccccc2Cl)S(=O)(=O)c2ccc(Br)cc2)cc1. The molecule has 9 heteroatoms. The maximum Gasteiger partial charge on any atom is 0.243 e. The maximum absolute atomic E-state index is 13.4. The molecule has 0 radical (unpaired) electrons. The first-order chi connectivity index (χ1) is 15.7. The molecule has 3 rings (SSSR count). The molecule has 0 aliphatic carbocycles. The number of benzene rings is 3. The molecule has 0 unspecified atom stereocenters. The van der Waals surface area contributed by atoms with Gasteiger partial charge in [-0.05, 0) is 66.8 Å². The average Bonchev–Trinajstić information content (AvgIpc) is 2.80. The van der Waals surface area contributed by atoms with Crippen molar-refractivity contribution >= 4 is 55.2 Å². The van der Waals surface area contributed by atoms with Crippen molar-refractivity contribution in [3.05, 3.63) is 93.4 Å². The highest BCUT2D eigenvalue weighted by Gasteiger charge is 2.28. The minimum Gasteiger partial charge on any atom is -0.348 e. The number of rotatable bonds is 9. The molecule has 0 saturated carbocycles. The van der Waals surface area contributed by atoms with E-state index in [2.05, 4.69) is 21.2 Å². The number of thioether (sulfide) groups is 1. The molecule has 0 aromatic heterocycles. The molecule has 0 heterocycles. The summed E-state index contributed by atoms with van der Waals surface area (Å²) in [4.78, 5) is 14.1. The Balaban J connectivity index is 1.83. The van der Waals surface area contributed by atoms with Crippen LogP contribution in [0.4, 0.5) is 0 Å². The lowest BCUT2D eigenvalue weighted by molar-refractivity contribution is -0.122. The highest BCUT2D eigenvalue weighted by Crippen LogP contribution is 2.24. The lowest BCUT2D eigenvalue weighted by atomic mass is 10.1. The molecule has 0 saturated heterocycles. The largest absolute Gasteiger partial charge is 0.348 e. The van der Waals surface area contributed by atoms with Gasteiger partial charge in [0.25, 0.3) is 0 Å². The summed E-state index contributed by atoms with van der Waals surface area (Å²) in [6, 6.07) is 20.9. The number of carbonyl (C=O) groups excluding carboxylic acids is 1. The molecule has 0 fully saturated rings. The Bertz CT molecular complexity index is 1200. The third-order valence-corrected chi connectivity index (χ3v) is 8.52. The van der Waals surface area contributed by atoms with Gasteiger partial charge < -0.3 is 5.32 Å². The fourth-order valence-electron chi connectivity index (χ4n) is 3.22. The molecule has 0 aliphatic heterocycles. The molecule has 0 aliphatic rings. The van der Waals surface area contributed by atoms with Gasteiger partial charge in [-0.15, -0.1) is 11.8 Å². The van der Waals surface area contributed by atoms with Crippen LogP contribution in [0.25, 0.3) is 0 Å². The minimum atomic E-state index is -3.95. The highest BCUT2D eigenvalue weighted by atomic mass is 79.9. The topological polar surface area (TPSA) is 66.5 Å². The van der Waals surface area contributed by atoms with Gasteiger partial charge in [0.15, 0.2) is 0 Å². The fraction of sp³-hybridized carbons (Fsp3) is 0.208. The summed E-state index contributed by atoms with van der Waals surface area (Å²) >= 11 is 11.2. The van der Waals surface area contributed by atoms with E-state index in [-0.39, 0.29) is 24.0 Å². The summed E-state index contributed by atoms with van der Waals surface area (Å²) in [5, 5.41) is 3.35. The van der Waals surface area contributed by atoms with Crippen LogP contribution in [-0.4, -0.2) is 31.4 Å². The van der Waals surface area contributed by atoms with Crippen LogP contribution in [-0.2, 0) is 21.4 Å². The summed E-state index contributed by atoms with van der Waals surface area (Å²) in [7, 11) is -3.95. The molecule has 1 N–H and O–H groups in total. The lowest BCUT2D eigenvalue weighted by Crippen LogP contribution is -2.41. The van der Waals surface area contributed by atoms with Gasteiger partial charge in [-0.25, -0.2) is 8.42 Å². The number of hydrogen-bond donors (Lipinski definition) is 1. The monoisotopic (exact) mass is 566 g/mol. The van der Waals surface area contributed by atoms with E-state index in [1.807, 2.05) is 37.4 Å². The third-order valence-electron chi connectivity index (χ3n) is 5.07. The van der Waals surface area contributed by atoms with Gasteiger partial charge in [0.1, 0.15) is 0 Å². The van der Waals surface area contributed by atoms with E-state index >= 15 is 0 Å². The molecule has 5 nitrogen and oxygen atoms in total. The molecule has 174 valence electrons. The van der Waals surface area contributed by atoms with Gasteiger partial charge in [-0.2, -0.15) is 4.31 Å². The number of hydrogen-bond acceptors (Lipinski definition) is 4. The van der Waals surface area contributed by atoms with E-state index in [9.17, 15) is 13.2 Å². The smallest absolute Gasteiger partial charge is 0.243 e. The zero-order valence-electron chi connectivity index (χ0n) is 18.2. The first kappa shape index (κ1) is 25.8. The third kappa shape index (κ3) is 6.83. The standard InChI is InChI=1S/C24H24BrClN2O3S2/c1-17(18-7-11-21(32-2)12-8-18)27-24(29)16-28(15-19-5-3-4-6-23(19)26)33(30,31)22-13-9-20(25)10-14-22/h3-14,17H,15-16H2,1-2H3,(H,27,29)/t17-/m0/s1. The van der Waals surface area contributed by atoms with Crippen molar-refractivity contribution in [2.24, 2.45) is 0 Å². The van der Waals surface area contributed by atoms with Crippen molar-refractivity contribution in [3.8, 4) is 0 Å². The number of nitrogens with zero attached hydrogens (tertiary/aromatic N) is 1. The molecule has 33 heavy (non-hydrogen) atoms. The Kier molecular flexibility index (Phi) is 9.01. The predicted molar refractivity (Wildman–Crippen MR) is 138 cm³/mol. The Morgan fingerprint density at radius 2 is 1.70 bits per heavy atom. The van der Waals surface area contributed by atoms with Crippen LogP contribution in [0.1, 0.15) is 24.1 Å². The van der Waals surface area contributed by atoms with Crippen LogP contribution in [0.15, 0.2) is 87.1 Å². The number of nitrogens with one attached hydrogen (secondary N) is 1. The van der Waals surface area contributed by atoms with Crippen LogP contribution in [0.2, 0.25) is 5.02 Å². The first-order valence-corrected chi connectivity index (χ1v) is 14.0. The van der Waals surface area contributed by atoms with Gasteiger partial charge in [0.2, 0.25) is 15.9 Å². The van der Waals surface area contributed by atoms with E-state index in [1.54, 1.807) is 48.2 Å². The minimum absolute atomic E-state index is 0.0255. The summed E-state index contributed by atoms with van der Waals surface area (Å²) in [5.74, 6) is -0.399. The van der Waals surface area contributed by atoms with Gasteiger partial charge >= 0.3 is 0 Å². The number of amides is 1. The van der Waals surface area contributed by atoms with Crippen LogP contribution >= 0.6 is 39.3 Å². The Hall–Kier alpha value is -1.84. The summed E-state index contributed by atoms with van der Waals surface area (Å²) in [6.45, 7) is 1.51. The predicted octanol–water partition coefficient (Wildman–Crippen LogP) is 5.89.